The SMILES string of the molecule is CCC(CC)NC(=O)CN(c1ccc(F)cc1)S(=O)(=O)c1ccc(OC)cc1. The van der Waals surface area contributed by atoms with Crippen LogP contribution in [-0.2, 0) is 14.8 Å². The number of hydrogen-bond acceptors (Lipinski definition) is 4. The molecular formula is C20H25FN2O4S. The summed E-state index contributed by atoms with van der Waals surface area (Å²) in [5.41, 5.74) is 0.205. The number of anilines is 1. The highest BCUT2D eigenvalue weighted by Crippen LogP contribution is 2.25. The van der Waals surface area contributed by atoms with E-state index in [0.717, 1.165) is 29.3 Å². The highest BCUT2D eigenvalue weighted by Gasteiger charge is 2.27. The second-order valence-corrected chi connectivity index (χ2v) is 8.11. The third-order valence-corrected chi connectivity index (χ3v) is 6.19. The molecule has 0 fully saturated rings. The van der Waals surface area contributed by atoms with Crippen molar-refractivity contribution in [2.75, 3.05) is 18.0 Å². The molecule has 0 heterocycles. The molecule has 0 saturated heterocycles. The van der Waals surface area contributed by atoms with Gasteiger partial charge in [0, 0.05) is 6.04 Å². The zero-order valence-electron chi connectivity index (χ0n) is 16.2. The number of rotatable bonds is 9. The first-order chi connectivity index (χ1) is 13.3. The lowest BCUT2D eigenvalue weighted by molar-refractivity contribution is -0.120. The van der Waals surface area contributed by atoms with Crippen molar-refractivity contribution in [1.29, 1.82) is 0 Å². The number of benzene rings is 2. The Hall–Kier alpha value is -2.61. The van der Waals surface area contributed by atoms with Gasteiger partial charge >= 0.3 is 0 Å². The van der Waals surface area contributed by atoms with E-state index >= 15 is 0 Å². The first-order valence-electron chi connectivity index (χ1n) is 9.03. The van der Waals surface area contributed by atoms with Gasteiger partial charge in [-0.2, -0.15) is 0 Å². The monoisotopic (exact) mass is 408 g/mol. The van der Waals surface area contributed by atoms with Crippen LogP contribution in [-0.4, -0.2) is 34.0 Å². The van der Waals surface area contributed by atoms with Gasteiger partial charge < -0.3 is 10.1 Å². The number of carbonyl (C=O) groups is 1. The Labute approximate surface area is 165 Å². The van der Waals surface area contributed by atoms with Crippen LogP contribution in [0.5, 0.6) is 5.75 Å². The van der Waals surface area contributed by atoms with Crippen LogP contribution in [0.1, 0.15) is 26.7 Å². The molecule has 2 aromatic carbocycles. The molecule has 6 nitrogen and oxygen atoms in total. The van der Waals surface area contributed by atoms with E-state index in [1.807, 2.05) is 13.8 Å². The van der Waals surface area contributed by atoms with E-state index in [2.05, 4.69) is 5.32 Å². The Morgan fingerprint density at radius 1 is 1.07 bits per heavy atom. The molecule has 0 radical (unpaired) electrons. The minimum atomic E-state index is -4.04. The average Bonchev–Trinajstić information content (AvgIpc) is 2.71. The Bertz CT molecular complexity index is 879. The molecule has 0 aliphatic heterocycles. The number of amides is 1. The van der Waals surface area contributed by atoms with E-state index in [9.17, 15) is 17.6 Å². The van der Waals surface area contributed by atoms with Crippen molar-refractivity contribution < 1.29 is 22.3 Å². The predicted octanol–water partition coefficient (Wildman–Crippen LogP) is 3.33. The Morgan fingerprint density at radius 2 is 1.64 bits per heavy atom. The maximum absolute atomic E-state index is 13.3. The minimum Gasteiger partial charge on any atom is -0.497 e. The van der Waals surface area contributed by atoms with Crippen LogP contribution in [0.25, 0.3) is 0 Å². The molecular weight excluding hydrogens is 383 g/mol. The summed E-state index contributed by atoms with van der Waals surface area (Å²) in [4.78, 5) is 12.5. The number of nitrogens with zero attached hydrogens (tertiary/aromatic N) is 1. The molecule has 28 heavy (non-hydrogen) atoms. The molecule has 0 unspecified atom stereocenters. The van der Waals surface area contributed by atoms with Crippen LogP contribution in [0.3, 0.4) is 0 Å². The van der Waals surface area contributed by atoms with Crippen molar-refractivity contribution in [3.63, 3.8) is 0 Å². The van der Waals surface area contributed by atoms with Gasteiger partial charge in [0.15, 0.2) is 0 Å². The molecule has 152 valence electrons. The third kappa shape index (κ3) is 5.22. The Morgan fingerprint density at radius 3 is 2.14 bits per heavy atom. The molecule has 0 aliphatic carbocycles. The minimum absolute atomic E-state index is 0.00737. The van der Waals surface area contributed by atoms with Crippen LogP contribution < -0.4 is 14.4 Å². The molecule has 0 saturated carbocycles. The number of halogens is 1. The second kappa shape index (κ2) is 9.54. The highest BCUT2D eigenvalue weighted by atomic mass is 32.2. The van der Waals surface area contributed by atoms with Crippen LogP contribution in [0, 0.1) is 5.82 Å². The predicted molar refractivity (Wildman–Crippen MR) is 106 cm³/mol. The number of hydrogen-bond donors (Lipinski definition) is 1. The van der Waals surface area contributed by atoms with Crippen LogP contribution >= 0.6 is 0 Å². The van der Waals surface area contributed by atoms with E-state index in [4.69, 9.17) is 4.74 Å². The van der Waals surface area contributed by atoms with Crippen LogP contribution in [0.2, 0.25) is 0 Å². The summed E-state index contributed by atoms with van der Waals surface area (Å²) < 4.78 is 45.7. The largest absolute Gasteiger partial charge is 0.497 e. The second-order valence-electron chi connectivity index (χ2n) is 6.24. The first-order valence-corrected chi connectivity index (χ1v) is 10.5. The fourth-order valence-corrected chi connectivity index (χ4v) is 4.11. The molecule has 2 aromatic rings. The molecule has 0 bridgehead atoms. The lowest BCUT2D eigenvalue weighted by Crippen LogP contribution is -2.44. The third-order valence-electron chi connectivity index (χ3n) is 4.40. The van der Waals surface area contributed by atoms with Crippen LogP contribution in [0.4, 0.5) is 10.1 Å². The van der Waals surface area contributed by atoms with Crippen molar-refractivity contribution >= 4 is 21.6 Å². The van der Waals surface area contributed by atoms with Gasteiger partial charge in [0.25, 0.3) is 10.0 Å². The fourth-order valence-electron chi connectivity index (χ4n) is 2.69. The van der Waals surface area contributed by atoms with Gasteiger partial charge in [-0.1, -0.05) is 13.8 Å². The zero-order valence-corrected chi connectivity index (χ0v) is 17.0. The Kier molecular flexibility index (Phi) is 7.39. The molecule has 0 aliphatic rings. The maximum atomic E-state index is 13.3. The smallest absolute Gasteiger partial charge is 0.264 e. The highest BCUT2D eigenvalue weighted by molar-refractivity contribution is 7.92. The fraction of sp³-hybridized carbons (Fsp3) is 0.350. The first kappa shape index (κ1) is 21.7. The number of nitrogens with one attached hydrogen (secondary N) is 1. The van der Waals surface area contributed by atoms with Gasteiger partial charge in [0.2, 0.25) is 5.91 Å². The van der Waals surface area contributed by atoms with Crippen LogP contribution in [0.15, 0.2) is 53.4 Å². The maximum Gasteiger partial charge on any atom is 0.264 e. The molecule has 0 atom stereocenters. The van der Waals surface area contributed by atoms with Crippen molar-refractivity contribution in [2.45, 2.75) is 37.6 Å². The summed E-state index contributed by atoms with van der Waals surface area (Å²) in [5.74, 6) is -0.402. The van der Waals surface area contributed by atoms with Gasteiger partial charge in [-0.05, 0) is 61.4 Å². The molecule has 8 heteroatoms. The van der Waals surface area contributed by atoms with Gasteiger partial charge in [0.05, 0.1) is 17.7 Å². The molecule has 1 amide bonds. The number of sulfonamides is 1. The summed E-state index contributed by atoms with van der Waals surface area (Å²) in [7, 11) is -2.56. The number of methoxy groups -OCH3 is 1. The van der Waals surface area contributed by atoms with Gasteiger partial charge in [0.1, 0.15) is 18.1 Å². The van der Waals surface area contributed by atoms with E-state index < -0.39 is 28.3 Å². The molecule has 1 N–H and O–H groups in total. The Balaban J connectivity index is 2.39. The summed E-state index contributed by atoms with van der Waals surface area (Å²) >= 11 is 0. The van der Waals surface area contributed by atoms with Crippen molar-refractivity contribution in [2.24, 2.45) is 0 Å². The molecule has 0 spiro atoms. The topological polar surface area (TPSA) is 75.7 Å². The van der Waals surface area contributed by atoms with E-state index in [0.29, 0.717) is 5.75 Å². The summed E-state index contributed by atoms with van der Waals surface area (Å²) in [6.07, 6.45) is 1.48. The molecule has 2 rings (SSSR count). The normalized spacial score (nSPS) is 11.3. The number of ether oxygens (including phenoxy) is 1. The van der Waals surface area contributed by atoms with Crippen molar-refractivity contribution in [3.05, 3.63) is 54.3 Å². The summed E-state index contributed by atoms with van der Waals surface area (Å²) in [6.45, 7) is 3.48. The van der Waals surface area contributed by atoms with Crippen molar-refractivity contribution in [1.82, 2.24) is 5.32 Å². The van der Waals surface area contributed by atoms with Gasteiger partial charge in [-0.3, -0.25) is 9.10 Å². The number of carbonyl (C=O) groups excluding carboxylic acids is 1. The summed E-state index contributed by atoms with van der Waals surface area (Å²) in [5, 5.41) is 2.83. The average molecular weight is 408 g/mol. The van der Waals surface area contributed by atoms with E-state index in [-0.39, 0.29) is 16.6 Å². The van der Waals surface area contributed by atoms with Gasteiger partial charge in [-0.15, -0.1) is 0 Å². The van der Waals surface area contributed by atoms with E-state index in [1.165, 1.54) is 43.5 Å². The summed E-state index contributed by atoms with van der Waals surface area (Å²) in [6, 6.07) is 10.8. The van der Waals surface area contributed by atoms with Gasteiger partial charge in [-0.25, -0.2) is 12.8 Å². The van der Waals surface area contributed by atoms with E-state index in [1.54, 1.807) is 0 Å². The zero-order chi connectivity index (χ0) is 20.7. The molecule has 0 aromatic heterocycles. The lowest BCUT2D eigenvalue weighted by atomic mass is 10.2. The van der Waals surface area contributed by atoms with Crippen molar-refractivity contribution in [3.8, 4) is 5.75 Å². The lowest BCUT2D eigenvalue weighted by Gasteiger charge is -2.25. The quantitative estimate of drug-likeness (QED) is 0.691. The standard InChI is InChI=1S/C20H25FN2O4S/c1-4-16(5-2)22-20(24)14-23(17-8-6-15(21)7-9-17)28(25,26)19-12-10-18(27-3)11-13-19/h6-13,16H,4-5,14H2,1-3H3,(H,22,24).